The Morgan fingerprint density at radius 1 is 0.667 bits per heavy atom. The molecule has 8 fully saturated rings. The van der Waals surface area contributed by atoms with Gasteiger partial charge < -0.3 is 90.2 Å². The van der Waals surface area contributed by atoms with E-state index in [1.807, 2.05) is 17.5 Å². The van der Waals surface area contributed by atoms with E-state index in [0.29, 0.717) is 58.4 Å². The highest BCUT2D eigenvalue weighted by atomic mass is 32.2. The Hall–Kier alpha value is -11.6. The summed E-state index contributed by atoms with van der Waals surface area (Å²) < 4.78 is 71.2. The number of aromatic nitrogens is 10. The van der Waals surface area contributed by atoms with Gasteiger partial charge in [0, 0.05) is 54.4 Å². The molecule has 2 aromatic carbocycles. The number of para-hydroxylation sites is 2. The van der Waals surface area contributed by atoms with Gasteiger partial charge in [0.25, 0.3) is 5.91 Å². The fraction of sp³-hybridized carbons (Fsp3) is 0.419. The van der Waals surface area contributed by atoms with Crippen LogP contribution in [0.1, 0.15) is 115 Å². The van der Waals surface area contributed by atoms with E-state index in [2.05, 4.69) is 41.0 Å². The summed E-state index contributed by atoms with van der Waals surface area (Å²) in [5.41, 5.74) is 9.80. The number of aliphatic hydroxyl groups is 1. The number of amides is 4. The van der Waals surface area contributed by atoms with Crippen LogP contribution >= 0.6 is 69.3 Å². The summed E-state index contributed by atoms with van der Waals surface area (Å²) in [6.07, 6.45) is 9.26. The van der Waals surface area contributed by atoms with Gasteiger partial charge >= 0.3 is 63.1 Å². The van der Waals surface area contributed by atoms with E-state index in [0.717, 1.165) is 24.6 Å². The molecule has 7 aromatic rings. The van der Waals surface area contributed by atoms with Crippen LogP contribution in [0.15, 0.2) is 115 Å². The number of anilines is 1. The summed E-state index contributed by atoms with van der Waals surface area (Å²) in [5.74, 6) is -9.18. The zero-order chi connectivity index (χ0) is 96.1. The topological polar surface area (TPSA) is 702 Å². The lowest BCUT2D eigenvalue weighted by atomic mass is 9.64. The van der Waals surface area contributed by atoms with Crippen molar-refractivity contribution in [2.24, 2.45) is 7.05 Å². The predicted octanol–water partition coefficient (Wildman–Crippen LogP) is 1.09. The minimum Gasteiger partial charge on any atom is -0.535 e. The van der Waals surface area contributed by atoms with E-state index < -0.39 is 151 Å². The number of carbonyl (C=O) groups excluding carboxylic acids is 6. The van der Waals surface area contributed by atoms with E-state index in [9.17, 15) is 104 Å². The number of Topliss-reactive ketones (excluding diaryl/α,β-unsaturated/α-hetero) is 2. The van der Waals surface area contributed by atoms with Crippen molar-refractivity contribution in [3.63, 3.8) is 0 Å². The Morgan fingerprint density at radius 2 is 1.30 bits per heavy atom. The molecule has 13 N–H and O–H groups in total. The molecule has 11 aliphatic heterocycles. The first kappa shape index (κ1) is 99.4. The fourth-order valence-corrected chi connectivity index (χ4v) is 25.4. The van der Waals surface area contributed by atoms with Crippen LogP contribution in [0.5, 0.6) is 11.5 Å². The van der Waals surface area contributed by atoms with Crippen LogP contribution < -0.4 is 15.0 Å². The Kier molecular flexibility index (Phi) is 31.1. The lowest BCUT2D eigenvalue weighted by Crippen LogP contribution is -2.58. The van der Waals surface area contributed by atoms with Gasteiger partial charge in [-0.15, -0.1) is 53.7 Å². The number of thiophene rings is 1. The number of thioether (sulfide) groups is 3. The molecule has 16 heterocycles. The van der Waals surface area contributed by atoms with Gasteiger partial charge in [-0.05, 0) is 93.3 Å². The van der Waals surface area contributed by atoms with Crippen LogP contribution in [0.4, 0.5) is 5.13 Å². The highest BCUT2D eigenvalue weighted by Crippen LogP contribution is 2.50. The average molecular weight is 1980 g/mol. The lowest BCUT2D eigenvalue weighted by molar-refractivity contribution is -0.163. The number of hydrogen-bond acceptors (Lipinski definition) is 40. The number of nitrogens with two attached hydrogens (primary N) is 1. The van der Waals surface area contributed by atoms with E-state index in [4.69, 9.17) is 55.1 Å². The first-order chi connectivity index (χ1) is 62.3. The minimum atomic E-state index is -3.80. The van der Waals surface area contributed by atoms with Crippen molar-refractivity contribution in [2.75, 3.05) is 18.1 Å². The lowest BCUT2D eigenvalue weighted by Gasteiger charge is -2.36. The van der Waals surface area contributed by atoms with Crippen LogP contribution in [-0.2, 0) is 115 Å². The molecule has 10 unspecified atom stereocenters. The number of β-lactam (4-membered cyclic amide) rings is 4. The van der Waals surface area contributed by atoms with Crippen molar-refractivity contribution in [3.8, 4) is 11.5 Å². The summed E-state index contributed by atoms with van der Waals surface area (Å²) in [4.78, 5) is 152. The summed E-state index contributed by atoms with van der Waals surface area (Å²) in [5, 5.41) is 133. The van der Waals surface area contributed by atoms with Crippen molar-refractivity contribution in [3.05, 3.63) is 139 Å². The zero-order valence-corrected chi connectivity index (χ0v) is 75.8. The number of aliphatic hydroxyl groups excluding tert-OH is 1. The monoisotopic (exact) mass is 1980 g/mol. The maximum absolute atomic E-state index is 12.5. The first-order valence-electron chi connectivity index (χ1n) is 39.4. The Balaban J connectivity index is 0.000000140. The quantitative estimate of drug-likeness (QED) is 0.0185. The predicted molar refractivity (Wildman–Crippen MR) is 465 cm³/mol. The summed E-state index contributed by atoms with van der Waals surface area (Å²) in [7, 11) is -8.97. The van der Waals surface area contributed by atoms with Gasteiger partial charge in [0.05, 0.1) is 89.7 Å². The smallest absolute Gasteiger partial charge is 0.535 e. The number of hydrogen-bond donors (Lipinski definition) is 12. The van der Waals surface area contributed by atoms with Crippen molar-refractivity contribution in [2.45, 2.75) is 179 Å². The number of fused-ring (bicyclic) bond motifs is 6. The Morgan fingerprint density at radius 3 is 1.83 bits per heavy atom. The van der Waals surface area contributed by atoms with Gasteiger partial charge in [0.1, 0.15) is 72.6 Å². The number of nitrogens with zero attached hydrogens (tertiary/aromatic N) is 14. The maximum Gasteiger partial charge on any atom is 0.537 e. The number of nitrogen functional groups attached to an aromatic ring is 1. The molecule has 8 saturated heterocycles. The van der Waals surface area contributed by atoms with Crippen LogP contribution in [0, 0.1) is 0 Å². The fourth-order valence-electron chi connectivity index (χ4n) is 15.7. The Labute approximate surface area is 772 Å². The second-order valence-electron chi connectivity index (χ2n) is 31.3. The van der Waals surface area contributed by atoms with Gasteiger partial charge in [-0.2, -0.15) is 0 Å². The van der Waals surface area contributed by atoms with Gasteiger partial charge in [-0.3, -0.25) is 52.7 Å². The number of rotatable bonds is 23. The largest absolute Gasteiger partial charge is 0.537 e. The van der Waals surface area contributed by atoms with Crippen molar-refractivity contribution >= 4 is 199 Å². The minimum absolute atomic E-state index is 0.00532. The van der Waals surface area contributed by atoms with Crippen LogP contribution in [0.3, 0.4) is 0 Å². The Bertz CT molecular complexity index is 5970. The van der Waals surface area contributed by atoms with Crippen LogP contribution in [0.25, 0.3) is 6.08 Å². The molecule has 700 valence electrons. The van der Waals surface area contributed by atoms with Gasteiger partial charge in [0.15, 0.2) is 46.7 Å². The van der Waals surface area contributed by atoms with Gasteiger partial charge in [0.2, 0.25) is 22.9 Å². The number of benzene rings is 2. The number of carboxylic acids is 7. The molecular weight excluding hydrogens is 1900 g/mol. The molecule has 132 heavy (non-hydrogen) atoms. The summed E-state index contributed by atoms with van der Waals surface area (Å²) in [6.45, 7) is 3.59. The molecule has 0 aliphatic carbocycles. The number of carbonyl (C=O) groups is 13. The average Bonchev–Trinajstić information content (AvgIpc) is 1.54. The molecule has 0 radical (unpaired) electrons. The zero-order valence-electron chi connectivity index (χ0n) is 69.3. The van der Waals surface area contributed by atoms with Crippen LogP contribution in [-0.4, -0.2) is 315 Å². The molecular formula is C74H80B3N15O32S8. The SMILES string of the molecule is CC1(C)C(C(=O)O)N2C(=O)CC2S1(=O)=O.CC1(Cn2ccnn2)C(C(=O)O)N2C(=O)CC2S1(=O)=O.Cn1cc(/C=C2/C(=O)N3C(C(=O)O)=CSC23)nn1.Nc1nnc(SCC(=O)C[C@H]2Cc3cccc(C(=O)O)c3OB2O)s1.O=C(O)C1/C(=C/CO)OC2CC(=O)N21.O=C(O)CC1CCC(CC(=O)Cc2cccs2)B(O)O1.O=C(O)c1cccc2c1OB(O)[C@@H](Sc1nncs1)C2. The molecule has 47 nitrogen and oxygen atoms in total. The number of aliphatic carboxylic acids is 5. The number of aryl methyl sites for hydroxylation is 1. The third-order valence-electron chi connectivity index (χ3n) is 22.2. The second-order valence-corrected chi connectivity index (χ2v) is 43.1. The molecule has 0 spiro atoms. The van der Waals surface area contributed by atoms with Crippen molar-refractivity contribution in [1.82, 2.24) is 70.0 Å². The number of sulfone groups is 2. The number of ketones is 2. The summed E-state index contributed by atoms with van der Waals surface area (Å²) in [6, 6.07) is 9.83. The van der Waals surface area contributed by atoms with Crippen molar-refractivity contribution < 1.29 is 154 Å². The number of carboxylic acid groups (broad SMARTS) is 7. The van der Waals surface area contributed by atoms with Gasteiger partial charge in [-0.25, -0.2) is 45.6 Å². The van der Waals surface area contributed by atoms with E-state index in [1.165, 1.54) is 134 Å². The second kappa shape index (κ2) is 41.3. The third-order valence-corrected chi connectivity index (χ3v) is 33.7. The maximum atomic E-state index is 12.5. The molecule has 18 rings (SSSR count). The third kappa shape index (κ3) is 21.4. The standard InChI is InChI=1S/C14H14BN3O5S2.C13H17BO5S.C11H9BN2O4S2.C10H12N4O5S.C10H8N4O3S.C8H11NO5S.C8H9NO5/c16-13-17-18-14(25-13)24-6-9(19)5-8-4-7-2-1-3-10(12(20)21)11(7)23-15(8)22;15-10(7-12-2-1-5-20-12)6-9-3-4-11(8-13(16)17)19-14(9)18;15-10(16)7-3-1-2-6-4-8(12(17)18-9(6)7)20-11-14-13-5-19-11;1-10(5-13-3-2-11-12-13)8(9(16)17)14-6(15)4-7(14)20(10,18)19;1-13-3-5(11-12-13)2-6-8(15)14-7(10(16)17)4-18-9(6)14;1-8(2)6(7(11)12)9-4(10)3-5(9)15(8,13)14;10-2-1-4-7(8(12)13)9-5(11)3-6(9)14-4/h1-3,8,22H,4-6H2,(H2,16,17)(H,20,21);1-2,5,9,11,18H,3-4,6-8H2,(H,16,17);1-3,5,8,17H,4H2,(H,15,16);2-3,7-8H,4-5H2,1H3,(H,16,17);2-4,9H,1H3,(H,16,17);5-6H,3H2,1-2H3,(H,11,12);1,6-7,10H,2-3H2,(H,12,13)/b;;;;6-2-;;4-1-/t8-;;8-;;;;/m1.0..../s1. The highest BCUT2D eigenvalue weighted by molar-refractivity contribution is 8.03. The van der Waals surface area contributed by atoms with E-state index in [-0.39, 0.29) is 131 Å². The molecule has 11 aliphatic rings. The number of aromatic carboxylic acids is 2. The van der Waals surface area contributed by atoms with Gasteiger partial charge in [-0.1, -0.05) is 87.0 Å². The molecule has 12 atom stereocenters. The highest BCUT2D eigenvalue weighted by Gasteiger charge is 2.71. The molecule has 5 aromatic heterocycles. The molecule has 4 amide bonds. The first-order valence-corrected chi connectivity index (χ1v) is 47.9. The number of ether oxygens (including phenoxy) is 1. The molecule has 58 heteroatoms. The molecule has 0 bridgehead atoms. The van der Waals surface area contributed by atoms with E-state index >= 15 is 0 Å². The van der Waals surface area contributed by atoms with Crippen molar-refractivity contribution in [1.29, 1.82) is 0 Å². The van der Waals surface area contributed by atoms with Crippen LogP contribution in [0.2, 0.25) is 11.6 Å². The summed E-state index contributed by atoms with van der Waals surface area (Å²) >= 11 is 8.07. The van der Waals surface area contributed by atoms with E-state index in [1.54, 1.807) is 60.4 Å². The molecule has 0 saturated carbocycles. The normalized spacial score (nSPS) is 25.2.